The van der Waals surface area contributed by atoms with E-state index >= 15 is 0 Å². The molecule has 3 rings (SSSR count). The fraction of sp³-hybridized carbons (Fsp3) is 0.500. The van der Waals surface area contributed by atoms with Crippen molar-refractivity contribution in [2.45, 2.75) is 19.3 Å². The molecule has 0 atom stereocenters. The minimum atomic E-state index is -0.520. The molecule has 4 amide bonds. The van der Waals surface area contributed by atoms with Gasteiger partial charge in [0.2, 0.25) is 5.91 Å². The van der Waals surface area contributed by atoms with Crippen LogP contribution in [0.5, 0.6) is 5.75 Å². The second-order valence-corrected chi connectivity index (χ2v) is 6.56. The number of hydrogen-bond donors (Lipinski definition) is 2. The van der Waals surface area contributed by atoms with Crippen molar-refractivity contribution in [3.05, 3.63) is 23.8 Å². The van der Waals surface area contributed by atoms with Crippen LogP contribution in [0.2, 0.25) is 0 Å². The van der Waals surface area contributed by atoms with Crippen LogP contribution in [0.4, 0.5) is 10.5 Å². The first-order valence-corrected chi connectivity index (χ1v) is 8.73. The highest BCUT2D eigenvalue weighted by Crippen LogP contribution is 2.31. The third-order valence-electron chi connectivity index (χ3n) is 4.93. The van der Waals surface area contributed by atoms with Crippen LogP contribution in [-0.2, 0) is 4.79 Å². The van der Waals surface area contributed by atoms with Crippen LogP contribution in [-0.4, -0.2) is 61.2 Å². The van der Waals surface area contributed by atoms with Gasteiger partial charge >= 0.3 is 6.03 Å². The monoisotopic (exact) mass is 361 g/mol. The Bertz CT molecular complexity index is 713. The molecule has 26 heavy (non-hydrogen) atoms. The molecule has 2 saturated heterocycles. The second kappa shape index (κ2) is 7.74. The average molecular weight is 361 g/mol. The van der Waals surface area contributed by atoms with Crippen molar-refractivity contribution in [1.29, 1.82) is 0 Å². The number of carbonyl (C=O) groups is 3. The van der Waals surface area contributed by atoms with Gasteiger partial charge in [0.25, 0.3) is 5.91 Å². The van der Waals surface area contributed by atoms with Gasteiger partial charge in [-0.05, 0) is 37.0 Å². The Morgan fingerprint density at radius 1 is 1.27 bits per heavy atom. The molecule has 2 heterocycles. The van der Waals surface area contributed by atoms with E-state index in [0.29, 0.717) is 30.1 Å². The van der Waals surface area contributed by atoms with Crippen LogP contribution in [0.3, 0.4) is 0 Å². The van der Waals surface area contributed by atoms with E-state index in [4.69, 9.17) is 4.74 Å². The first kappa shape index (κ1) is 18.2. The van der Waals surface area contributed by atoms with Crippen LogP contribution >= 0.6 is 0 Å². The number of ether oxygens (including phenoxy) is 1. The van der Waals surface area contributed by atoms with Gasteiger partial charge in [-0.2, -0.15) is 0 Å². The highest BCUT2D eigenvalue weighted by Gasteiger charge is 2.28. The summed E-state index contributed by atoms with van der Waals surface area (Å²) in [6, 6.07) is 4.45. The maximum atomic E-state index is 12.8. The number of methoxy groups -OCH3 is 1. The van der Waals surface area contributed by atoms with E-state index in [-0.39, 0.29) is 37.3 Å². The fourth-order valence-corrected chi connectivity index (χ4v) is 3.33. The van der Waals surface area contributed by atoms with E-state index in [2.05, 4.69) is 5.32 Å². The largest absolute Gasteiger partial charge is 0.495 e. The lowest BCUT2D eigenvalue weighted by Gasteiger charge is -2.32. The summed E-state index contributed by atoms with van der Waals surface area (Å²) in [7, 11) is 1.49. The molecule has 0 saturated carbocycles. The number of nitrogens with zero attached hydrogens (tertiary/aromatic N) is 2. The fourth-order valence-electron chi connectivity index (χ4n) is 3.33. The predicted octanol–water partition coefficient (Wildman–Crippen LogP) is 0.986. The van der Waals surface area contributed by atoms with E-state index in [1.807, 2.05) is 0 Å². The van der Waals surface area contributed by atoms with Gasteiger partial charge in [-0.1, -0.05) is 0 Å². The van der Waals surface area contributed by atoms with Gasteiger partial charge in [-0.3, -0.25) is 19.8 Å². The highest BCUT2D eigenvalue weighted by atomic mass is 16.5. The van der Waals surface area contributed by atoms with Gasteiger partial charge in [0, 0.05) is 38.2 Å². The molecule has 0 unspecified atom stereocenters. The van der Waals surface area contributed by atoms with Crippen molar-refractivity contribution < 1.29 is 24.2 Å². The Hall–Kier alpha value is -2.61. The maximum Gasteiger partial charge on any atom is 0.328 e. The number of nitrogens with one attached hydrogen (secondary N) is 1. The third kappa shape index (κ3) is 3.65. The summed E-state index contributed by atoms with van der Waals surface area (Å²) in [6.45, 7) is 1.59. The van der Waals surface area contributed by atoms with Gasteiger partial charge in [-0.15, -0.1) is 0 Å². The van der Waals surface area contributed by atoms with Gasteiger partial charge in [0.1, 0.15) is 5.75 Å². The minimum absolute atomic E-state index is 0.112. The number of carbonyl (C=O) groups excluding carboxylic acids is 3. The van der Waals surface area contributed by atoms with Gasteiger partial charge < -0.3 is 14.7 Å². The number of urea groups is 1. The molecular weight excluding hydrogens is 338 g/mol. The van der Waals surface area contributed by atoms with Gasteiger partial charge in [-0.25, -0.2) is 4.79 Å². The Balaban J connectivity index is 1.82. The number of aliphatic hydroxyl groups excluding tert-OH is 1. The minimum Gasteiger partial charge on any atom is -0.495 e. The van der Waals surface area contributed by atoms with Crippen LogP contribution in [0.25, 0.3) is 0 Å². The number of benzene rings is 1. The standard InChI is InChI=1S/C18H23N3O5/c1-26-15-3-2-13(17(24)20-7-4-12(11-22)5-8-20)10-14(15)21-9-6-16(23)19-18(21)25/h2-3,10,12,22H,4-9,11H2,1H3,(H,19,23,25). The van der Waals surface area contributed by atoms with Crippen molar-refractivity contribution in [2.24, 2.45) is 5.92 Å². The lowest BCUT2D eigenvalue weighted by molar-refractivity contribution is -0.120. The van der Waals surface area contributed by atoms with E-state index in [0.717, 1.165) is 12.8 Å². The number of hydrogen-bond acceptors (Lipinski definition) is 5. The smallest absolute Gasteiger partial charge is 0.328 e. The van der Waals surface area contributed by atoms with Crippen molar-refractivity contribution in [3.63, 3.8) is 0 Å². The second-order valence-electron chi connectivity index (χ2n) is 6.56. The van der Waals surface area contributed by atoms with Gasteiger partial charge in [0.15, 0.2) is 0 Å². The number of aliphatic hydroxyl groups is 1. The summed E-state index contributed by atoms with van der Waals surface area (Å²) in [5.74, 6) is 0.285. The molecule has 2 aliphatic rings. The summed E-state index contributed by atoms with van der Waals surface area (Å²) in [5.41, 5.74) is 0.932. The summed E-state index contributed by atoms with van der Waals surface area (Å²) >= 11 is 0. The zero-order valence-electron chi connectivity index (χ0n) is 14.7. The predicted molar refractivity (Wildman–Crippen MR) is 94.2 cm³/mol. The summed E-state index contributed by atoms with van der Waals surface area (Å²) in [5, 5.41) is 11.5. The van der Waals surface area contributed by atoms with Crippen molar-refractivity contribution in [2.75, 3.05) is 38.3 Å². The Labute approximate surface area is 151 Å². The third-order valence-corrected chi connectivity index (χ3v) is 4.93. The van der Waals surface area contributed by atoms with Crippen LogP contribution in [0, 0.1) is 5.92 Å². The number of likely N-dealkylation sites (tertiary alicyclic amines) is 1. The molecule has 2 N–H and O–H groups in total. The molecule has 8 nitrogen and oxygen atoms in total. The SMILES string of the molecule is COc1ccc(C(=O)N2CCC(CO)CC2)cc1N1CCC(=O)NC1=O. The zero-order chi connectivity index (χ0) is 18.7. The van der Waals surface area contributed by atoms with Crippen LogP contribution in [0.1, 0.15) is 29.6 Å². The lowest BCUT2D eigenvalue weighted by Crippen LogP contribution is -2.49. The summed E-state index contributed by atoms with van der Waals surface area (Å²) < 4.78 is 5.32. The molecule has 2 aliphatic heterocycles. The number of anilines is 1. The Morgan fingerprint density at radius 2 is 2.00 bits per heavy atom. The molecule has 1 aromatic carbocycles. The molecular formula is C18H23N3O5. The molecule has 8 heteroatoms. The molecule has 0 bridgehead atoms. The molecule has 0 aromatic heterocycles. The van der Waals surface area contributed by atoms with Crippen LogP contribution in [0.15, 0.2) is 18.2 Å². The Morgan fingerprint density at radius 3 is 2.62 bits per heavy atom. The van der Waals surface area contributed by atoms with Crippen molar-refractivity contribution >= 4 is 23.5 Å². The number of rotatable bonds is 4. The zero-order valence-corrected chi connectivity index (χ0v) is 14.7. The first-order valence-electron chi connectivity index (χ1n) is 8.73. The summed E-state index contributed by atoms with van der Waals surface area (Å²) in [4.78, 5) is 39.5. The molecule has 0 spiro atoms. The van der Waals surface area contributed by atoms with Gasteiger partial charge in [0.05, 0.1) is 12.8 Å². The van der Waals surface area contributed by atoms with E-state index in [9.17, 15) is 19.5 Å². The number of piperidine rings is 1. The quantitative estimate of drug-likeness (QED) is 0.833. The average Bonchev–Trinajstić information content (AvgIpc) is 2.67. The number of amides is 4. The number of imide groups is 1. The summed E-state index contributed by atoms with van der Waals surface area (Å²) in [6.07, 6.45) is 1.76. The Kier molecular flexibility index (Phi) is 5.41. The van der Waals surface area contributed by atoms with E-state index < -0.39 is 6.03 Å². The van der Waals surface area contributed by atoms with Crippen LogP contribution < -0.4 is 15.0 Å². The van der Waals surface area contributed by atoms with E-state index in [1.165, 1.54) is 12.0 Å². The molecule has 0 radical (unpaired) electrons. The molecule has 140 valence electrons. The molecule has 0 aliphatic carbocycles. The molecule has 2 fully saturated rings. The molecule has 1 aromatic rings. The topological polar surface area (TPSA) is 99.2 Å². The normalized spacial score (nSPS) is 18.7. The maximum absolute atomic E-state index is 12.8. The lowest BCUT2D eigenvalue weighted by atomic mass is 9.97. The van der Waals surface area contributed by atoms with E-state index in [1.54, 1.807) is 23.1 Å². The first-order chi connectivity index (χ1) is 12.5. The van der Waals surface area contributed by atoms with Crippen molar-refractivity contribution in [3.8, 4) is 5.75 Å². The highest BCUT2D eigenvalue weighted by molar-refractivity contribution is 6.07. The van der Waals surface area contributed by atoms with Crippen molar-refractivity contribution in [1.82, 2.24) is 10.2 Å².